The molecule has 0 aromatic rings. The molecule has 1 fully saturated rings. The number of hydrogen-bond acceptors (Lipinski definition) is 1. The highest BCUT2D eigenvalue weighted by Gasteiger charge is 2.23. The van der Waals surface area contributed by atoms with E-state index in [1.807, 2.05) is 0 Å². The Hall–Kier alpha value is -0.0400. The molecule has 0 spiro atoms. The van der Waals surface area contributed by atoms with E-state index >= 15 is 0 Å². The van der Waals surface area contributed by atoms with Gasteiger partial charge in [-0.25, -0.2) is 0 Å². The zero-order chi connectivity index (χ0) is 9.52. The minimum atomic E-state index is 0.395. The van der Waals surface area contributed by atoms with Crippen LogP contribution in [-0.2, 0) is 0 Å². The predicted octanol–water partition coefficient (Wildman–Crippen LogP) is 3.37. The fourth-order valence-corrected chi connectivity index (χ4v) is 2.57. The summed E-state index contributed by atoms with van der Waals surface area (Å²) in [6.45, 7) is 2.66. The smallest absolute Gasteiger partial charge is 0.0433 e. The highest BCUT2D eigenvalue weighted by Crippen LogP contribution is 2.35. The van der Waals surface area contributed by atoms with E-state index < -0.39 is 0 Å². The Morgan fingerprint density at radius 3 is 2.38 bits per heavy atom. The Morgan fingerprint density at radius 2 is 1.77 bits per heavy atom. The molecule has 13 heavy (non-hydrogen) atoms. The van der Waals surface area contributed by atoms with Crippen molar-refractivity contribution in [3.63, 3.8) is 0 Å². The average Bonchev–Trinajstić information content (AvgIpc) is 2.54. The van der Waals surface area contributed by atoms with E-state index in [-0.39, 0.29) is 0 Å². The van der Waals surface area contributed by atoms with Gasteiger partial charge in [-0.2, -0.15) is 0 Å². The molecule has 0 saturated heterocycles. The van der Waals surface area contributed by atoms with Gasteiger partial charge in [-0.15, -0.1) is 0 Å². The van der Waals surface area contributed by atoms with Gasteiger partial charge in [0.1, 0.15) is 0 Å². The molecular weight excluding hydrogens is 160 g/mol. The van der Waals surface area contributed by atoms with Gasteiger partial charge < -0.3 is 5.11 Å². The number of rotatable bonds is 6. The standard InChI is InChI=1S/C12H24O/c1-2-3-4-5-11-6-7-12(10-11)8-9-13/h11-13H,2-10H2,1H3. The second-order valence-electron chi connectivity index (χ2n) is 4.55. The number of hydrogen-bond donors (Lipinski definition) is 1. The molecule has 1 aliphatic rings. The van der Waals surface area contributed by atoms with E-state index in [0.717, 1.165) is 18.3 Å². The van der Waals surface area contributed by atoms with E-state index in [2.05, 4.69) is 6.92 Å². The van der Waals surface area contributed by atoms with E-state index in [1.54, 1.807) is 0 Å². The van der Waals surface area contributed by atoms with Crippen molar-refractivity contribution in [1.82, 2.24) is 0 Å². The maximum Gasteiger partial charge on any atom is 0.0433 e. The van der Waals surface area contributed by atoms with Gasteiger partial charge in [-0.3, -0.25) is 0 Å². The van der Waals surface area contributed by atoms with Gasteiger partial charge in [0.05, 0.1) is 0 Å². The van der Waals surface area contributed by atoms with Crippen molar-refractivity contribution in [2.75, 3.05) is 6.61 Å². The molecule has 1 nitrogen and oxygen atoms in total. The molecule has 1 saturated carbocycles. The van der Waals surface area contributed by atoms with Crippen molar-refractivity contribution in [1.29, 1.82) is 0 Å². The summed E-state index contributed by atoms with van der Waals surface area (Å²) >= 11 is 0. The van der Waals surface area contributed by atoms with E-state index in [0.29, 0.717) is 6.61 Å². The lowest BCUT2D eigenvalue weighted by Crippen LogP contribution is -1.99. The van der Waals surface area contributed by atoms with Gasteiger partial charge >= 0.3 is 0 Å². The Bertz CT molecular complexity index is 122. The van der Waals surface area contributed by atoms with Gasteiger partial charge in [-0.05, 0) is 24.7 Å². The summed E-state index contributed by atoms with van der Waals surface area (Å²) in [5.74, 6) is 1.83. The van der Waals surface area contributed by atoms with Crippen molar-refractivity contribution in [3.8, 4) is 0 Å². The zero-order valence-electron chi connectivity index (χ0n) is 8.97. The molecule has 1 aliphatic carbocycles. The number of unbranched alkanes of at least 4 members (excludes halogenated alkanes) is 2. The van der Waals surface area contributed by atoms with Crippen molar-refractivity contribution in [2.24, 2.45) is 11.8 Å². The fourth-order valence-electron chi connectivity index (χ4n) is 2.57. The summed E-state index contributed by atoms with van der Waals surface area (Å²) < 4.78 is 0. The van der Waals surface area contributed by atoms with Crippen LogP contribution in [0, 0.1) is 11.8 Å². The van der Waals surface area contributed by atoms with E-state index in [9.17, 15) is 0 Å². The SMILES string of the molecule is CCCCCC1CCC(CCO)C1. The first-order valence-corrected chi connectivity index (χ1v) is 5.97. The Kier molecular flexibility index (Phi) is 5.45. The third kappa shape index (κ3) is 4.12. The van der Waals surface area contributed by atoms with Crippen LogP contribution >= 0.6 is 0 Å². The summed E-state index contributed by atoms with van der Waals surface area (Å²) in [4.78, 5) is 0. The van der Waals surface area contributed by atoms with Gasteiger partial charge in [0.2, 0.25) is 0 Å². The van der Waals surface area contributed by atoms with Gasteiger partial charge in [0.15, 0.2) is 0 Å². The molecule has 78 valence electrons. The zero-order valence-corrected chi connectivity index (χ0v) is 8.97. The fraction of sp³-hybridized carbons (Fsp3) is 1.00. The van der Waals surface area contributed by atoms with Crippen molar-refractivity contribution < 1.29 is 5.11 Å². The topological polar surface area (TPSA) is 20.2 Å². The van der Waals surface area contributed by atoms with Crippen molar-refractivity contribution in [3.05, 3.63) is 0 Å². The van der Waals surface area contributed by atoms with Crippen molar-refractivity contribution >= 4 is 0 Å². The van der Waals surface area contributed by atoms with Crippen LogP contribution in [0.25, 0.3) is 0 Å². The summed E-state index contributed by atoms with van der Waals surface area (Å²) in [7, 11) is 0. The molecule has 1 rings (SSSR count). The lowest BCUT2D eigenvalue weighted by atomic mass is 9.97. The lowest BCUT2D eigenvalue weighted by Gasteiger charge is -2.09. The van der Waals surface area contributed by atoms with Crippen LogP contribution in [0.4, 0.5) is 0 Å². The molecule has 2 unspecified atom stereocenters. The molecule has 0 aromatic carbocycles. The first-order chi connectivity index (χ1) is 6.36. The summed E-state index contributed by atoms with van der Waals surface area (Å²) in [6.07, 6.45) is 10.8. The molecule has 2 atom stereocenters. The molecule has 1 heteroatoms. The third-order valence-corrected chi connectivity index (χ3v) is 3.40. The van der Waals surface area contributed by atoms with Gasteiger partial charge in [0.25, 0.3) is 0 Å². The Labute approximate surface area is 82.5 Å². The molecule has 0 amide bonds. The van der Waals surface area contributed by atoms with E-state index in [4.69, 9.17) is 5.11 Å². The number of aliphatic hydroxyl groups is 1. The molecule has 0 radical (unpaired) electrons. The Morgan fingerprint density at radius 1 is 1.08 bits per heavy atom. The second-order valence-corrected chi connectivity index (χ2v) is 4.55. The molecule has 0 aliphatic heterocycles. The molecule has 0 aromatic heterocycles. The highest BCUT2D eigenvalue weighted by molar-refractivity contribution is 4.75. The van der Waals surface area contributed by atoms with Crippen LogP contribution in [0.3, 0.4) is 0 Å². The minimum absolute atomic E-state index is 0.395. The Balaban J connectivity index is 2.03. The maximum atomic E-state index is 8.83. The monoisotopic (exact) mass is 184 g/mol. The van der Waals surface area contributed by atoms with Crippen LogP contribution < -0.4 is 0 Å². The lowest BCUT2D eigenvalue weighted by molar-refractivity contribution is 0.255. The normalized spacial score (nSPS) is 28.2. The van der Waals surface area contributed by atoms with Gasteiger partial charge in [-0.1, -0.05) is 45.4 Å². The van der Waals surface area contributed by atoms with Crippen LogP contribution in [0.2, 0.25) is 0 Å². The summed E-state index contributed by atoms with van der Waals surface area (Å²) in [5.41, 5.74) is 0. The first-order valence-electron chi connectivity index (χ1n) is 5.97. The molecule has 0 bridgehead atoms. The highest BCUT2D eigenvalue weighted by atomic mass is 16.3. The first kappa shape index (κ1) is 11.0. The van der Waals surface area contributed by atoms with Crippen LogP contribution in [0.15, 0.2) is 0 Å². The van der Waals surface area contributed by atoms with Crippen LogP contribution in [0.1, 0.15) is 58.3 Å². The molecule has 1 N–H and O–H groups in total. The van der Waals surface area contributed by atoms with Crippen LogP contribution in [-0.4, -0.2) is 11.7 Å². The average molecular weight is 184 g/mol. The number of aliphatic hydroxyl groups excluding tert-OH is 1. The maximum absolute atomic E-state index is 8.83. The van der Waals surface area contributed by atoms with Crippen molar-refractivity contribution in [2.45, 2.75) is 58.3 Å². The molecular formula is C12H24O. The van der Waals surface area contributed by atoms with Crippen LogP contribution in [0.5, 0.6) is 0 Å². The molecule has 0 heterocycles. The quantitative estimate of drug-likeness (QED) is 0.627. The summed E-state index contributed by atoms with van der Waals surface area (Å²) in [6, 6.07) is 0. The summed E-state index contributed by atoms with van der Waals surface area (Å²) in [5, 5.41) is 8.83. The predicted molar refractivity (Wildman–Crippen MR) is 56.7 cm³/mol. The third-order valence-electron chi connectivity index (χ3n) is 3.40. The van der Waals surface area contributed by atoms with Gasteiger partial charge in [0, 0.05) is 6.61 Å². The minimum Gasteiger partial charge on any atom is -0.396 e. The second kappa shape index (κ2) is 6.42. The largest absolute Gasteiger partial charge is 0.396 e. The van der Waals surface area contributed by atoms with E-state index in [1.165, 1.54) is 44.9 Å².